The van der Waals surface area contributed by atoms with Gasteiger partial charge in [0.05, 0.1) is 5.69 Å². The minimum Gasteiger partial charge on any atom is -0.321 e. The number of anilines is 1. The first-order valence-electron chi connectivity index (χ1n) is 6.80. The Morgan fingerprint density at radius 2 is 1.90 bits per heavy atom. The summed E-state index contributed by atoms with van der Waals surface area (Å²) in [4.78, 5) is 14.0. The number of nitrogens with one attached hydrogen (secondary N) is 1. The summed E-state index contributed by atoms with van der Waals surface area (Å²) in [6, 6.07) is 13.8. The third-order valence-electron chi connectivity index (χ3n) is 3.16. The fourth-order valence-electron chi connectivity index (χ4n) is 2.18. The standard InChI is InChI=1S/C17H20N2O/c1-4-19(12-13(2)3)17(20)18-16-11-7-9-14-8-5-6-10-15(14)16/h5-11H,2,4,12H2,1,3H3,(H,18,20). The van der Waals surface area contributed by atoms with Crippen molar-refractivity contribution in [3.63, 3.8) is 0 Å². The van der Waals surface area contributed by atoms with Crippen LogP contribution in [0.5, 0.6) is 0 Å². The van der Waals surface area contributed by atoms with E-state index in [9.17, 15) is 4.79 Å². The number of benzene rings is 2. The molecule has 0 aliphatic heterocycles. The predicted octanol–water partition coefficient (Wildman–Crippen LogP) is 4.27. The van der Waals surface area contributed by atoms with E-state index in [0.717, 1.165) is 22.0 Å². The first-order chi connectivity index (χ1) is 9.61. The molecule has 0 unspecified atom stereocenters. The van der Waals surface area contributed by atoms with E-state index < -0.39 is 0 Å². The second-order valence-electron chi connectivity index (χ2n) is 4.93. The Balaban J connectivity index is 2.23. The number of hydrogen-bond donors (Lipinski definition) is 1. The summed E-state index contributed by atoms with van der Waals surface area (Å²) in [5, 5.41) is 5.16. The van der Waals surface area contributed by atoms with Gasteiger partial charge >= 0.3 is 6.03 Å². The lowest BCUT2D eigenvalue weighted by atomic mass is 10.1. The molecule has 2 amide bonds. The van der Waals surface area contributed by atoms with Crippen LogP contribution in [0.25, 0.3) is 10.8 Å². The highest BCUT2D eigenvalue weighted by Crippen LogP contribution is 2.23. The van der Waals surface area contributed by atoms with Crippen LogP contribution in [0.3, 0.4) is 0 Å². The highest BCUT2D eigenvalue weighted by molar-refractivity contribution is 6.01. The zero-order valence-corrected chi connectivity index (χ0v) is 12.0. The molecular formula is C17H20N2O. The largest absolute Gasteiger partial charge is 0.322 e. The molecule has 0 saturated heterocycles. The molecule has 20 heavy (non-hydrogen) atoms. The number of urea groups is 1. The van der Waals surface area contributed by atoms with Crippen molar-refractivity contribution in [2.75, 3.05) is 18.4 Å². The Morgan fingerprint density at radius 1 is 1.20 bits per heavy atom. The van der Waals surface area contributed by atoms with Crippen molar-refractivity contribution in [1.82, 2.24) is 4.90 Å². The van der Waals surface area contributed by atoms with Gasteiger partial charge in [-0.3, -0.25) is 0 Å². The van der Waals surface area contributed by atoms with E-state index >= 15 is 0 Å². The molecule has 0 aromatic heterocycles. The van der Waals surface area contributed by atoms with Gasteiger partial charge in [0.15, 0.2) is 0 Å². The smallest absolute Gasteiger partial charge is 0.321 e. The SMILES string of the molecule is C=C(C)CN(CC)C(=O)Nc1cccc2ccccc12. The number of rotatable bonds is 4. The van der Waals surface area contributed by atoms with Gasteiger partial charge in [0.25, 0.3) is 0 Å². The monoisotopic (exact) mass is 268 g/mol. The molecule has 0 atom stereocenters. The molecule has 0 radical (unpaired) electrons. The van der Waals surface area contributed by atoms with Crippen LogP contribution in [0.4, 0.5) is 10.5 Å². The fraction of sp³-hybridized carbons (Fsp3) is 0.235. The van der Waals surface area contributed by atoms with Gasteiger partial charge < -0.3 is 10.2 Å². The van der Waals surface area contributed by atoms with Gasteiger partial charge in [-0.15, -0.1) is 0 Å². The summed E-state index contributed by atoms with van der Waals surface area (Å²) >= 11 is 0. The van der Waals surface area contributed by atoms with E-state index in [1.807, 2.05) is 56.3 Å². The van der Waals surface area contributed by atoms with E-state index in [4.69, 9.17) is 0 Å². The van der Waals surface area contributed by atoms with Crippen LogP contribution < -0.4 is 5.32 Å². The van der Waals surface area contributed by atoms with Crippen LogP contribution in [0.2, 0.25) is 0 Å². The normalized spacial score (nSPS) is 10.3. The van der Waals surface area contributed by atoms with Gasteiger partial charge in [-0.05, 0) is 25.3 Å². The van der Waals surface area contributed by atoms with E-state index in [2.05, 4.69) is 11.9 Å². The maximum Gasteiger partial charge on any atom is 0.322 e. The zero-order valence-electron chi connectivity index (χ0n) is 12.0. The molecule has 0 saturated carbocycles. The second kappa shape index (κ2) is 6.24. The molecule has 0 heterocycles. The molecule has 104 valence electrons. The Kier molecular flexibility index (Phi) is 4.41. The molecule has 0 aliphatic carbocycles. The molecule has 3 nitrogen and oxygen atoms in total. The topological polar surface area (TPSA) is 32.3 Å². The average molecular weight is 268 g/mol. The summed E-state index contributed by atoms with van der Waals surface area (Å²) in [5.74, 6) is 0. The van der Waals surface area contributed by atoms with Crippen molar-refractivity contribution in [2.45, 2.75) is 13.8 Å². The summed E-state index contributed by atoms with van der Waals surface area (Å²) < 4.78 is 0. The molecule has 0 fully saturated rings. The van der Waals surface area contributed by atoms with Crippen LogP contribution in [0, 0.1) is 0 Å². The van der Waals surface area contributed by atoms with Crippen LogP contribution >= 0.6 is 0 Å². The zero-order chi connectivity index (χ0) is 14.5. The highest BCUT2D eigenvalue weighted by atomic mass is 16.2. The molecule has 0 bridgehead atoms. The number of hydrogen-bond acceptors (Lipinski definition) is 1. The lowest BCUT2D eigenvalue weighted by Crippen LogP contribution is -2.35. The van der Waals surface area contributed by atoms with Crippen molar-refractivity contribution < 1.29 is 4.79 Å². The van der Waals surface area contributed by atoms with Crippen LogP contribution in [0.15, 0.2) is 54.6 Å². The first-order valence-corrected chi connectivity index (χ1v) is 6.80. The maximum absolute atomic E-state index is 12.3. The Bertz CT molecular complexity index is 628. The van der Waals surface area contributed by atoms with E-state index in [1.54, 1.807) is 4.90 Å². The van der Waals surface area contributed by atoms with Crippen molar-refractivity contribution in [1.29, 1.82) is 0 Å². The molecule has 2 aromatic carbocycles. The second-order valence-corrected chi connectivity index (χ2v) is 4.93. The minimum atomic E-state index is -0.0909. The van der Waals surface area contributed by atoms with Gasteiger partial charge in [-0.25, -0.2) is 4.79 Å². The maximum atomic E-state index is 12.3. The summed E-state index contributed by atoms with van der Waals surface area (Å²) in [6.07, 6.45) is 0. The summed E-state index contributed by atoms with van der Waals surface area (Å²) in [7, 11) is 0. The number of amides is 2. The number of carbonyl (C=O) groups is 1. The number of nitrogens with zero attached hydrogens (tertiary/aromatic N) is 1. The number of likely N-dealkylation sites (N-methyl/N-ethyl adjacent to an activating group) is 1. The van der Waals surface area contributed by atoms with Crippen molar-refractivity contribution in [3.8, 4) is 0 Å². The van der Waals surface area contributed by atoms with Crippen LogP contribution in [0.1, 0.15) is 13.8 Å². The Labute approximate surface area is 119 Å². The quantitative estimate of drug-likeness (QED) is 0.825. The molecule has 2 aromatic rings. The molecule has 0 spiro atoms. The number of fused-ring (bicyclic) bond motifs is 1. The fourth-order valence-corrected chi connectivity index (χ4v) is 2.18. The van der Waals surface area contributed by atoms with Crippen molar-refractivity contribution >= 4 is 22.5 Å². The summed E-state index contributed by atoms with van der Waals surface area (Å²) in [5.41, 5.74) is 1.81. The van der Waals surface area contributed by atoms with Gasteiger partial charge in [0.2, 0.25) is 0 Å². The van der Waals surface area contributed by atoms with Crippen molar-refractivity contribution in [3.05, 3.63) is 54.6 Å². The molecule has 2 rings (SSSR count). The third kappa shape index (κ3) is 3.18. The highest BCUT2D eigenvalue weighted by Gasteiger charge is 2.12. The van der Waals surface area contributed by atoms with E-state index in [-0.39, 0.29) is 6.03 Å². The molecule has 1 N–H and O–H groups in total. The molecule has 0 aliphatic rings. The van der Waals surface area contributed by atoms with Gasteiger partial charge in [-0.1, -0.05) is 48.6 Å². The van der Waals surface area contributed by atoms with Gasteiger partial charge in [-0.2, -0.15) is 0 Å². The first kappa shape index (κ1) is 14.1. The predicted molar refractivity (Wildman–Crippen MR) is 85.0 cm³/mol. The Hall–Kier alpha value is -2.29. The van der Waals surface area contributed by atoms with Gasteiger partial charge in [0, 0.05) is 18.5 Å². The average Bonchev–Trinajstić information content (AvgIpc) is 2.45. The van der Waals surface area contributed by atoms with Crippen LogP contribution in [-0.4, -0.2) is 24.0 Å². The Morgan fingerprint density at radius 3 is 2.60 bits per heavy atom. The molecule has 3 heteroatoms. The molecular weight excluding hydrogens is 248 g/mol. The van der Waals surface area contributed by atoms with Gasteiger partial charge in [0.1, 0.15) is 0 Å². The minimum absolute atomic E-state index is 0.0909. The van der Waals surface area contributed by atoms with E-state index in [1.165, 1.54) is 0 Å². The van der Waals surface area contributed by atoms with E-state index in [0.29, 0.717) is 13.1 Å². The summed E-state index contributed by atoms with van der Waals surface area (Å²) in [6.45, 7) is 8.98. The van der Waals surface area contributed by atoms with Crippen LogP contribution in [-0.2, 0) is 0 Å². The third-order valence-corrected chi connectivity index (χ3v) is 3.16. The lowest BCUT2D eigenvalue weighted by Gasteiger charge is -2.22. The van der Waals surface area contributed by atoms with Crippen molar-refractivity contribution in [2.24, 2.45) is 0 Å². The lowest BCUT2D eigenvalue weighted by molar-refractivity contribution is 0.218. The number of carbonyl (C=O) groups excluding carboxylic acids is 1.